The van der Waals surface area contributed by atoms with E-state index in [-0.39, 0.29) is 12.3 Å². The van der Waals surface area contributed by atoms with Crippen LogP contribution in [0.15, 0.2) is 59.2 Å². The van der Waals surface area contributed by atoms with Crippen LogP contribution in [0.5, 0.6) is 0 Å². The molecule has 2 aromatic heterocycles. The molecule has 8 heteroatoms. The zero-order valence-corrected chi connectivity index (χ0v) is 14.7. The van der Waals surface area contributed by atoms with Gasteiger partial charge in [-0.3, -0.25) is 0 Å². The molecule has 0 aliphatic carbocycles. The number of furan rings is 1. The summed E-state index contributed by atoms with van der Waals surface area (Å²) < 4.78 is 45.0. The van der Waals surface area contributed by atoms with Crippen molar-refractivity contribution in [3.05, 3.63) is 81.7 Å². The van der Waals surface area contributed by atoms with Crippen LogP contribution in [0.1, 0.15) is 27.2 Å². The van der Waals surface area contributed by atoms with Gasteiger partial charge in [0.05, 0.1) is 12.0 Å². The van der Waals surface area contributed by atoms with Gasteiger partial charge in [0, 0.05) is 16.3 Å². The quantitative estimate of drug-likeness (QED) is 0.659. The Bertz CT molecular complexity index is 935. The number of nitrogens with one attached hydrogen (secondary N) is 1. The number of sulfonamides is 1. The second-order valence-electron chi connectivity index (χ2n) is 5.43. The highest BCUT2D eigenvalue weighted by Crippen LogP contribution is 2.28. The minimum Gasteiger partial charge on any atom is -0.466 e. The number of rotatable bonds is 7. The predicted octanol–water partition coefficient (Wildman–Crippen LogP) is 3.18. The van der Waals surface area contributed by atoms with Crippen molar-refractivity contribution in [3.8, 4) is 0 Å². The molecule has 0 fully saturated rings. The Morgan fingerprint density at radius 1 is 1.20 bits per heavy atom. The van der Waals surface area contributed by atoms with E-state index in [0.717, 1.165) is 4.88 Å². The smallest absolute Gasteiger partial charge is 0.216 e. The first-order valence-electron chi connectivity index (χ1n) is 7.45. The molecule has 0 bridgehead atoms. The molecule has 132 valence electrons. The number of hydrogen-bond donors (Lipinski definition) is 2. The standard InChI is InChI=1S/C17H16FNO4S2/c18-13-4-1-3-12(9-13)11-25(21,22)19-10-14-6-7-16(24-14)17(20)15-5-2-8-23-15/h1-9,17,19-20H,10-11H2. The second kappa shape index (κ2) is 7.49. The molecule has 1 aromatic carbocycles. The third-order valence-electron chi connectivity index (χ3n) is 3.48. The molecule has 0 saturated heterocycles. The first-order chi connectivity index (χ1) is 11.9. The summed E-state index contributed by atoms with van der Waals surface area (Å²) in [6.07, 6.45) is 0.603. The summed E-state index contributed by atoms with van der Waals surface area (Å²) in [5.74, 6) is -0.333. The Morgan fingerprint density at radius 2 is 2.04 bits per heavy atom. The molecule has 0 radical (unpaired) electrons. The lowest BCUT2D eigenvalue weighted by molar-refractivity contribution is 0.193. The van der Waals surface area contributed by atoms with E-state index in [9.17, 15) is 17.9 Å². The van der Waals surface area contributed by atoms with Crippen molar-refractivity contribution >= 4 is 21.4 Å². The van der Waals surface area contributed by atoms with Gasteiger partial charge in [0.1, 0.15) is 17.7 Å². The number of benzene rings is 1. The van der Waals surface area contributed by atoms with Crippen LogP contribution >= 0.6 is 11.3 Å². The predicted molar refractivity (Wildman–Crippen MR) is 93.0 cm³/mol. The van der Waals surface area contributed by atoms with Crippen LogP contribution in [-0.2, 0) is 22.3 Å². The van der Waals surface area contributed by atoms with E-state index in [1.165, 1.54) is 35.8 Å². The van der Waals surface area contributed by atoms with Crippen LogP contribution in [0.25, 0.3) is 0 Å². The highest BCUT2D eigenvalue weighted by molar-refractivity contribution is 7.88. The number of thiophene rings is 1. The zero-order valence-electron chi connectivity index (χ0n) is 13.1. The lowest BCUT2D eigenvalue weighted by Crippen LogP contribution is -2.24. The first-order valence-corrected chi connectivity index (χ1v) is 9.92. The molecule has 3 aromatic rings. The monoisotopic (exact) mass is 381 g/mol. The van der Waals surface area contributed by atoms with Gasteiger partial charge < -0.3 is 9.52 Å². The molecule has 2 N–H and O–H groups in total. The van der Waals surface area contributed by atoms with Crippen LogP contribution in [0.2, 0.25) is 0 Å². The minimum absolute atomic E-state index is 0.104. The molecule has 0 aliphatic heterocycles. The molecule has 1 unspecified atom stereocenters. The van der Waals surface area contributed by atoms with Crippen molar-refractivity contribution < 1.29 is 22.3 Å². The van der Waals surface area contributed by atoms with Crippen molar-refractivity contribution in [1.82, 2.24) is 4.72 Å². The van der Waals surface area contributed by atoms with Crippen molar-refractivity contribution in [2.75, 3.05) is 0 Å². The average Bonchev–Trinajstić information content (AvgIpc) is 3.24. The Morgan fingerprint density at radius 3 is 2.76 bits per heavy atom. The molecule has 0 aliphatic rings. The Labute approximate surface area is 148 Å². The van der Waals surface area contributed by atoms with Crippen LogP contribution in [-0.4, -0.2) is 13.5 Å². The van der Waals surface area contributed by atoms with Gasteiger partial charge in [0.25, 0.3) is 0 Å². The number of hydrogen-bond acceptors (Lipinski definition) is 5. The minimum atomic E-state index is -3.59. The summed E-state index contributed by atoms with van der Waals surface area (Å²) in [6, 6.07) is 12.3. The van der Waals surface area contributed by atoms with E-state index in [4.69, 9.17) is 4.42 Å². The fraction of sp³-hybridized carbons (Fsp3) is 0.176. The number of halogens is 1. The fourth-order valence-electron chi connectivity index (χ4n) is 2.30. The first kappa shape index (κ1) is 17.8. The van der Waals surface area contributed by atoms with Gasteiger partial charge in [-0.25, -0.2) is 17.5 Å². The third kappa shape index (κ3) is 4.76. The topological polar surface area (TPSA) is 79.5 Å². The van der Waals surface area contributed by atoms with Gasteiger partial charge in [0.2, 0.25) is 10.0 Å². The third-order valence-corrected chi connectivity index (χ3v) is 5.91. The molecule has 1 atom stereocenters. The fourth-order valence-corrected chi connectivity index (χ4v) is 4.44. The van der Waals surface area contributed by atoms with Crippen molar-refractivity contribution in [2.45, 2.75) is 18.4 Å². The van der Waals surface area contributed by atoms with Gasteiger partial charge in [-0.1, -0.05) is 12.1 Å². The summed E-state index contributed by atoms with van der Waals surface area (Å²) in [7, 11) is -3.59. The molecule has 3 rings (SSSR count). The van der Waals surface area contributed by atoms with Crippen molar-refractivity contribution in [1.29, 1.82) is 0 Å². The SMILES string of the molecule is O=S(=O)(Cc1cccc(F)c1)NCc1ccc(C(O)c2ccco2)s1. The van der Waals surface area contributed by atoms with Gasteiger partial charge in [-0.15, -0.1) is 11.3 Å². The zero-order chi connectivity index (χ0) is 17.9. The van der Waals surface area contributed by atoms with Gasteiger partial charge in [-0.05, 0) is 42.0 Å². The maximum Gasteiger partial charge on any atom is 0.216 e. The average molecular weight is 381 g/mol. The summed E-state index contributed by atoms with van der Waals surface area (Å²) in [6.45, 7) is 0.104. The van der Waals surface area contributed by atoms with Gasteiger partial charge in [0.15, 0.2) is 0 Å². The largest absolute Gasteiger partial charge is 0.466 e. The Kier molecular flexibility index (Phi) is 5.33. The molecule has 0 amide bonds. The normalized spacial score (nSPS) is 13.0. The maximum atomic E-state index is 13.1. The highest BCUT2D eigenvalue weighted by Gasteiger charge is 2.17. The summed E-state index contributed by atoms with van der Waals surface area (Å²) in [4.78, 5) is 1.41. The van der Waals surface area contributed by atoms with Crippen LogP contribution < -0.4 is 4.72 Å². The van der Waals surface area contributed by atoms with E-state index >= 15 is 0 Å². The van der Waals surface area contributed by atoms with Crippen LogP contribution in [0.4, 0.5) is 4.39 Å². The molecule has 5 nitrogen and oxygen atoms in total. The molecular formula is C17H16FNO4S2. The van der Waals surface area contributed by atoms with E-state index in [1.54, 1.807) is 30.3 Å². The van der Waals surface area contributed by atoms with E-state index in [1.807, 2.05) is 0 Å². The summed E-state index contributed by atoms with van der Waals surface area (Å²) >= 11 is 1.29. The lowest BCUT2D eigenvalue weighted by atomic mass is 10.2. The molecule has 0 spiro atoms. The summed E-state index contributed by atoms with van der Waals surface area (Å²) in [5.41, 5.74) is 0.382. The van der Waals surface area contributed by atoms with Gasteiger partial charge >= 0.3 is 0 Å². The van der Waals surface area contributed by atoms with Crippen molar-refractivity contribution in [3.63, 3.8) is 0 Å². The van der Waals surface area contributed by atoms with E-state index < -0.39 is 21.9 Å². The van der Waals surface area contributed by atoms with Crippen LogP contribution in [0, 0.1) is 5.82 Å². The molecule has 0 saturated carbocycles. The van der Waals surface area contributed by atoms with Crippen LogP contribution in [0.3, 0.4) is 0 Å². The lowest BCUT2D eigenvalue weighted by Gasteiger charge is -2.06. The van der Waals surface area contributed by atoms with Crippen molar-refractivity contribution in [2.24, 2.45) is 0 Å². The number of aliphatic hydroxyl groups excluding tert-OH is 1. The molecule has 25 heavy (non-hydrogen) atoms. The maximum absolute atomic E-state index is 13.1. The second-order valence-corrected chi connectivity index (χ2v) is 8.44. The molecular weight excluding hydrogens is 365 g/mol. The Hall–Kier alpha value is -2.00. The Balaban J connectivity index is 1.61. The van der Waals surface area contributed by atoms with E-state index in [2.05, 4.69) is 4.72 Å². The number of aliphatic hydroxyl groups is 1. The van der Waals surface area contributed by atoms with Gasteiger partial charge in [-0.2, -0.15) is 0 Å². The summed E-state index contributed by atoms with van der Waals surface area (Å²) in [5, 5.41) is 10.2. The highest BCUT2D eigenvalue weighted by atomic mass is 32.2. The van der Waals surface area contributed by atoms with E-state index in [0.29, 0.717) is 16.2 Å². The molecule has 2 heterocycles.